The first-order valence-corrected chi connectivity index (χ1v) is 10.8. The van der Waals surface area contributed by atoms with Crippen molar-refractivity contribution < 1.29 is 4.79 Å². The first kappa shape index (κ1) is 23.5. The summed E-state index contributed by atoms with van der Waals surface area (Å²) in [6.45, 7) is 5.09. The molecule has 4 rings (SSSR count). The van der Waals surface area contributed by atoms with Crippen molar-refractivity contribution in [1.82, 2.24) is 15.2 Å². The molecule has 31 heavy (non-hydrogen) atoms. The summed E-state index contributed by atoms with van der Waals surface area (Å²) in [7, 11) is 0. The Morgan fingerprint density at radius 3 is 2.58 bits per heavy atom. The number of fused-ring (bicyclic) bond motifs is 1. The molecular formula is C23H25Cl3N4O. The summed E-state index contributed by atoms with van der Waals surface area (Å²) in [5.41, 5.74) is 2.55. The number of nitrogens with one attached hydrogen (secondary N) is 2. The van der Waals surface area contributed by atoms with Gasteiger partial charge in [0.15, 0.2) is 0 Å². The fraction of sp³-hybridized carbons (Fsp3) is 0.261. The molecule has 2 N–H and O–H groups in total. The second kappa shape index (κ2) is 10.9. The molecule has 1 aromatic heterocycles. The Bertz CT molecular complexity index is 1020. The number of carbonyl (C=O) groups excluding carboxylic acids is 1. The van der Waals surface area contributed by atoms with Crippen LogP contribution in [0.1, 0.15) is 10.5 Å². The van der Waals surface area contributed by atoms with E-state index in [9.17, 15) is 4.79 Å². The summed E-state index contributed by atoms with van der Waals surface area (Å²) in [6.07, 6.45) is 4.11. The van der Waals surface area contributed by atoms with Crippen LogP contribution in [0.5, 0.6) is 0 Å². The molecule has 5 nitrogen and oxygen atoms in total. The molecule has 0 atom stereocenters. The van der Waals surface area contributed by atoms with Gasteiger partial charge in [-0.05, 0) is 24.3 Å². The van der Waals surface area contributed by atoms with Crippen LogP contribution in [0.2, 0.25) is 10.0 Å². The summed E-state index contributed by atoms with van der Waals surface area (Å²) >= 11 is 12.5. The van der Waals surface area contributed by atoms with Crippen LogP contribution in [0.4, 0.5) is 5.69 Å². The van der Waals surface area contributed by atoms with Crippen molar-refractivity contribution in [3.8, 4) is 0 Å². The minimum absolute atomic E-state index is 0. The van der Waals surface area contributed by atoms with Crippen molar-refractivity contribution in [3.05, 3.63) is 76.4 Å². The molecule has 8 heteroatoms. The molecule has 0 aliphatic carbocycles. The first-order chi connectivity index (χ1) is 14.6. The lowest BCUT2D eigenvalue weighted by Crippen LogP contribution is -2.46. The number of para-hydroxylation sites is 1. The average molecular weight is 480 g/mol. The molecule has 1 amide bonds. The van der Waals surface area contributed by atoms with E-state index in [1.165, 1.54) is 0 Å². The molecule has 0 saturated carbocycles. The van der Waals surface area contributed by atoms with Crippen LogP contribution in [0.15, 0.2) is 60.7 Å². The first-order valence-electron chi connectivity index (χ1n) is 10.0. The lowest BCUT2D eigenvalue weighted by atomic mass is 10.2. The molecule has 2 heterocycles. The van der Waals surface area contributed by atoms with Crippen molar-refractivity contribution in [2.24, 2.45) is 0 Å². The van der Waals surface area contributed by atoms with Gasteiger partial charge in [0, 0.05) is 50.2 Å². The predicted octanol–water partition coefficient (Wildman–Crippen LogP) is 5.00. The number of hydrogen-bond donors (Lipinski definition) is 2. The number of amides is 1. The van der Waals surface area contributed by atoms with E-state index < -0.39 is 0 Å². The molecule has 1 saturated heterocycles. The predicted molar refractivity (Wildman–Crippen MR) is 132 cm³/mol. The number of aromatic amines is 1. The zero-order valence-electron chi connectivity index (χ0n) is 17.0. The average Bonchev–Trinajstić information content (AvgIpc) is 3.20. The second-order valence-electron chi connectivity index (χ2n) is 7.31. The lowest BCUT2D eigenvalue weighted by Gasteiger charge is -2.36. The summed E-state index contributed by atoms with van der Waals surface area (Å²) in [6, 6.07) is 15.5. The summed E-state index contributed by atoms with van der Waals surface area (Å²) < 4.78 is 0. The zero-order chi connectivity index (χ0) is 20.9. The third-order valence-electron chi connectivity index (χ3n) is 5.33. The highest BCUT2D eigenvalue weighted by atomic mass is 35.5. The van der Waals surface area contributed by atoms with Gasteiger partial charge < -0.3 is 15.2 Å². The van der Waals surface area contributed by atoms with E-state index in [0.29, 0.717) is 22.3 Å². The van der Waals surface area contributed by atoms with Gasteiger partial charge in [0.1, 0.15) is 5.69 Å². The van der Waals surface area contributed by atoms with Crippen molar-refractivity contribution in [3.63, 3.8) is 0 Å². The number of piperazine rings is 1. The van der Waals surface area contributed by atoms with Gasteiger partial charge in [0.05, 0.1) is 15.7 Å². The largest absolute Gasteiger partial charge is 0.368 e. The highest BCUT2D eigenvalue weighted by Crippen LogP contribution is 2.32. The molecule has 3 aromatic rings. The fourth-order valence-corrected chi connectivity index (χ4v) is 4.07. The van der Waals surface area contributed by atoms with Gasteiger partial charge in [-0.2, -0.15) is 0 Å². The quantitative estimate of drug-likeness (QED) is 0.489. The van der Waals surface area contributed by atoms with Crippen molar-refractivity contribution in [1.29, 1.82) is 0 Å². The van der Waals surface area contributed by atoms with Crippen LogP contribution in [0.25, 0.3) is 10.9 Å². The van der Waals surface area contributed by atoms with E-state index in [0.717, 1.165) is 49.3 Å². The number of nitrogens with zero attached hydrogens (tertiary/aromatic N) is 2. The van der Waals surface area contributed by atoms with Crippen molar-refractivity contribution >= 4 is 58.1 Å². The van der Waals surface area contributed by atoms with E-state index >= 15 is 0 Å². The lowest BCUT2D eigenvalue weighted by molar-refractivity contribution is 0.0954. The Hall–Kier alpha value is -2.18. The van der Waals surface area contributed by atoms with Crippen LogP contribution < -0.4 is 10.2 Å². The Balaban J connectivity index is 0.00000272. The van der Waals surface area contributed by atoms with Gasteiger partial charge in [-0.15, -0.1) is 12.4 Å². The SMILES string of the molecule is Cl.O=C(NC/C=C/CN1CCN(c2cccc(Cl)c2Cl)CC1)c1cc2ccccc2[nH]1. The van der Waals surface area contributed by atoms with Crippen molar-refractivity contribution in [2.75, 3.05) is 44.2 Å². The van der Waals surface area contributed by atoms with E-state index in [-0.39, 0.29) is 18.3 Å². The minimum Gasteiger partial charge on any atom is -0.368 e. The normalized spacial score (nSPS) is 14.7. The number of benzene rings is 2. The molecular weight excluding hydrogens is 455 g/mol. The second-order valence-corrected chi connectivity index (χ2v) is 8.10. The van der Waals surface area contributed by atoms with Gasteiger partial charge in [-0.25, -0.2) is 0 Å². The zero-order valence-corrected chi connectivity index (χ0v) is 19.3. The smallest absolute Gasteiger partial charge is 0.267 e. The van der Waals surface area contributed by atoms with E-state index in [1.807, 2.05) is 54.6 Å². The van der Waals surface area contributed by atoms with Crippen LogP contribution in [0.3, 0.4) is 0 Å². The Morgan fingerprint density at radius 2 is 1.81 bits per heavy atom. The van der Waals surface area contributed by atoms with Gasteiger partial charge in [-0.3, -0.25) is 9.69 Å². The van der Waals surface area contributed by atoms with Crippen LogP contribution in [-0.4, -0.2) is 55.1 Å². The summed E-state index contributed by atoms with van der Waals surface area (Å²) in [4.78, 5) is 20.1. The van der Waals surface area contributed by atoms with Crippen molar-refractivity contribution in [2.45, 2.75) is 0 Å². The van der Waals surface area contributed by atoms with Gasteiger partial charge >= 0.3 is 0 Å². The fourth-order valence-electron chi connectivity index (χ4n) is 3.66. The summed E-state index contributed by atoms with van der Waals surface area (Å²) in [5.74, 6) is -0.0946. The van der Waals surface area contributed by atoms with Crippen LogP contribution in [0, 0.1) is 0 Å². The number of H-pyrrole nitrogens is 1. The highest BCUT2D eigenvalue weighted by Gasteiger charge is 2.19. The van der Waals surface area contributed by atoms with Gasteiger partial charge in [-0.1, -0.05) is 59.6 Å². The Labute approximate surface area is 198 Å². The molecule has 1 aliphatic heterocycles. The Kier molecular flexibility index (Phi) is 8.27. The third-order valence-corrected chi connectivity index (χ3v) is 6.14. The van der Waals surface area contributed by atoms with Crippen LogP contribution in [-0.2, 0) is 0 Å². The molecule has 164 valence electrons. The molecule has 0 bridgehead atoms. The monoisotopic (exact) mass is 478 g/mol. The number of anilines is 1. The van der Waals surface area contributed by atoms with Gasteiger partial charge in [0.25, 0.3) is 5.91 Å². The maximum absolute atomic E-state index is 12.3. The van der Waals surface area contributed by atoms with E-state index in [2.05, 4.69) is 26.2 Å². The highest BCUT2D eigenvalue weighted by molar-refractivity contribution is 6.43. The molecule has 0 unspecified atom stereocenters. The Morgan fingerprint density at radius 1 is 1.03 bits per heavy atom. The number of hydrogen-bond acceptors (Lipinski definition) is 3. The van der Waals surface area contributed by atoms with Gasteiger partial charge in [0.2, 0.25) is 0 Å². The number of rotatable bonds is 6. The third kappa shape index (κ3) is 5.74. The molecule has 0 spiro atoms. The maximum atomic E-state index is 12.3. The number of carbonyl (C=O) groups is 1. The summed E-state index contributed by atoms with van der Waals surface area (Å²) in [5, 5.41) is 5.18. The van der Waals surface area contributed by atoms with E-state index in [1.54, 1.807) is 0 Å². The number of aromatic nitrogens is 1. The van der Waals surface area contributed by atoms with Crippen LogP contribution >= 0.6 is 35.6 Å². The van der Waals surface area contributed by atoms with E-state index in [4.69, 9.17) is 23.2 Å². The number of halogens is 3. The standard InChI is InChI=1S/C23H24Cl2N4O.ClH/c24-18-7-5-9-21(22(18)25)29-14-12-28(13-15-29)11-4-3-10-26-23(30)20-16-17-6-1-2-8-19(17)27-20;/h1-9,16,27H,10-15H2,(H,26,30);1H/b4-3+;. The topological polar surface area (TPSA) is 51.4 Å². The molecule has 0 radical (unpaired) electrons. The minimum atomic E-state index is -0.0946. The molecule has 1 fully saturated rings. The molecule has 2 aromatic carbocycles. The maximum Gasteiger partial charge on any atom is 0.267 e. The molecule has 1 aliphatic rings.